The van der Waals surface area contributed by atoms with E-state index in [4.69, 9.17) is 0 Å². The fourth-order valence-corrected chi connectivity index (χ4v) is 7.09. The number of hydrogen-bond acceptors (Lipinski definition) is 2. The molecule has 0 radical (unpaired) electrons. The van der Waals surface area contributed by atoms with Gasteiger partial charge in [0, 0.05) is 0 Å². The van der Waals surface area contributed by atoms with Gasteiger partial charge in [-0.05, 0) is 0 Å². The Morgan fingerprint density at radius 3 is 2.12 bits per heavy atom. The Labute approximate surface area is 152 Å². The normalized spacial score (nSPS) is 15.8. The molecule has 24 heavy (non-hydrogen) atoms. The topological polar surface area (TPSA) is 40.5 Å². The van der Waals surface area contributed by atoms with Crippen LogP contribution in [-0.4, -0.2) is 40.8 Å². The number of aliphatic hydroxyl groups excluding tert-OH is 2. The van der Waals surface area contributed by atoms with Gasteiger partial charge in [-0.3, -0.25) is 0 Å². The Morgan fingerprint density at radius 1 is 1.00 bits per heavy atom. The molecule has 0 unspecified atom stereocenters. The van der Waals surface area contributed by atoms with E-state index in [1.54, 1.807) is 0 Å². The van der Waals surface area contributed by atoms with E-state index in [1.807, 2.05) is 18.2 Å². The molecule has 2 N–H and O–H groups in total. The van der Waals surface area contributed by atoms with Crippen LogP contribution >= 0.6 is 0 Å². The molecular weight excluding hydrogens is 403 g/mol. The van der Waals surface area contributed by atoms with Crippen molar-refractivity contribution in [3.63, 3.8) is 0 Å². The summed E-state index contributed by atoms with van der Waals surface area (Å²) in [6.07, 6.45) is 4.61. The van der Waals surface area contributed by atoms with Crippen molar-refractivity contribution in [2.45, 2.75) is 72.5 Å². The monoisotopic (exact) mass is 440 g/mol. The molecule has 0 aliphatic rings. The molecule has 3 atom stereocenters. The molecule has 1 rings (SSSR count). The van der Waals surface area contributed by atoms with Gasteiger partial charge in [0.25, 0.3) is 0 Å². The predicted molar refractivity (Wildman–Crippen MR) is 107 cm³/mol. The van der Waals surface area contributed by atoms with Gasteiger partial charge < -0.3 is 0 Å². The zero-order valence-electron chi connectivity index (χ0n) is 16.0. The fraction of sp³-hybridized carbons (Fsp3) is 0.619. The third-order valence-electron chi connectivity index (χ3n) is 4.87. The molecule has 3 heteroatoms. The molecule has 0 aliphatic heterocycles. The zero-order chi connectivity index (χ0) is 18.2. The molecule has 136 valence electrons. The third kappa shape index (κ3) is 7.28. The second kappa shape index (κ2) is 10.6. The van der Waals surface area contributed by atoms with E-state index in [9.17, 15) is 10.2 Å². The van der Waals surface area contributed by atoms with Crippen LogP contribution in [-0.2, 0) is 6.42 Å². The summed E-state index contributed by atoms with van der Waals surface area (Å²) >= 11 is -2.39. The molecule has 1 aromatic carbocycles. The van der Waals surface area contributed by atoms with Crippen LogP contribution < -0.4 is 0 Å². The van der Waals surface area contributed by atoms with Crippen LogP contribution in [0.2, 0.25) is 14.8 Å². The van der Waals surface area contributed by atoms with Crippen molar-refractivity contribution in [3.8, 4) is 0 Å². The van der Waals surface area contributed by atoms with Crippen LogP contribution in [0.5, 0.6) is 0 Å². The summed E-state index contributed by atoms with van der Waals surface area (Å²) in [6.45, 7) is 6.49. The molecule has 0 spiro atoms. The van der Waals surface area contributed by atoms with E-state index >= 15 is 0 Å². The minimum absolute atomic E-state index is 0.165. The summed E-state index contributed by atoms with van der Waals surface area (Å²) in [5, 5.41) is 21.6. The van der Waals surface area contributed by atoms with Crippen molar-refractivity contribution in [1.82, 2.24) is 0 Å². The maximum atomic E-state index is 10.8. The number of aryl methyl sites for hydroxylation is 1. The van der Waals surface area contributed by atoms with Crippen molar-refractivity contribution in [1.29, 1.82) is 0 Å². The van der Waals surface area contributed by atoms with E-state index < -0.39 is 30.6 Å². The first-order chi connectivity index (χ1) is 11.3. The molecular formula is C21H36O2Sn. The van der Waals surface area contributed by atoms with E-state index in [0.29, 0.717) is 6.42 Å². The van der Waals surface area contributed by atoms with Crippen molar-refractivity contribution in [2.24, 2.45) is 5.92 Å². The van der Waals surface area contributed by atoms with Crippen molar-refractivity contribution in [2.75, 3.05) is 0 Å². The molecule has 2 nitrogen and oxygen atoms in total. The van der Waals surface area contributed by atoms with Gasteiger partial charge in [-0.25, -0.2) is 0 Å². The van der Waals surface area contributed by atoms with Crippen LogP contribution in [0.15, 0.2) is 40.5 Å². The fourth-order valence-electron chi connectivity index (χ4n) is 3.14. The Morgan fingerprint density at radius 2 is 1.58 bits per heavy atom. The van der Waals surface area contributed by atoms with Gasteiger partial charge in [0.15, 0.2) is 0 Å². The molecule has 0 amide bonds. The van der Waals surface area contributed by atoms with Gasteiger partial charge in [0.05, 0.1) is 0 Å². The second-order valence-corrected chi connectivity index (χ2v) is 22.6. The van der Waals surface area contributed by atoms with Crippen LogP contribution in [0.4, 0.5) is 0 Å². The van der Waals surface area contributed by atoms with Gasteiger partial charge in [-0.15, -0.1) is 0 Å². The van der Waals surface area contributed by atoms with Crippen LogP contribution in [0.3, 0.4) is 0 Å². The summed E-state index contributed by atoms with van der Waals surface area (Å²) in [6, 6.07) is 10.3. The number of hydrogen-bond donors (Lipinski definition) is 2. The first-order valence-electron chi connectivity index (χ1n) is 9.36. The Balaban J connectivity index is 2.76. The Bertz CT molecular complexity index is 478. The van der Waals surface area contributed by atoms with Gasteiger partial charge in [0.2, 0.25) is 0 Å². The SMILES string of the molecule is C=[C]([C@H]([C@@H](O)CCCCC)[C@@H](O)CCc1ccccc1)[Sn]([CH3])([CH3])[CH3]. The minimum atomic E-state index is -2.39. The summed E-state index contributed by atoms with van der Waals surface area (Å²) in [4.78, 5) is 6.94. The summed E-state index contributed by atoms with van der Waals surface area (Å²) in [5.74, 6) is -0.165. The Kier molecular flexibility index (Phi) is 9.61. The van der Waals surface area contributed by atoms with Crippen molar-refractivity contribution >= 4 is 18.4 Å². The first-order valence-corrected chi connectivity index (χ1v) is 19.4. The Hall–Kier alpha value is -0.321. The van der Waals surface area contributed by atoms with E-state index in [-0.39, 0.29) is 5.92 Å². The van der Waals surface area contributed by atoms with Crippen molar-refractivity contribution in [3.05, 3.63) is 46.1 Å². The number of unbranched alkanes of at least 4 members (excludes halogenated alkanes) is 2. The third-order valence-corrected chi connectivity index (χ3v) is 11.3. The number of aliphatic hydroxyl groups is 2. The zero-order valence-corrected chi connectivity index (χ0v) is 18.8. The van der Waals surface area contributed by atoms with E-state index in [0.717, 1.165) is 35.7 Å². The average Bonchev–Trinajstić information content (AvgIpc) is 2.53. The average molecular weight is 439 g/mol. The molecule has 1 aromatic rings. The number of rotatable bonds is 11. The summed E-state index contributed by atoms with van der Waals surface area (Å²) < 4.78 is 1.16. The van der Waals surface area contributed by atoms with Crippen LogP contribution in [0.25, 0.3) is 0 Å². The predicted octanol–water partition coefficient (Wildman–Crippen LogP) is 4.97. The summed E-state index contributed by atoms with van der Waals surface area (Å²) in [7, 11) is 0. The molecule has 0 aromatic heterocycles. The molecule has 0 aliphatic carbocycles. The second-order valence-electron chi connectivity index (χ2n) is 7.96. The van der Waals surface area contributed by atoms with Gasteiger partial charge in [-0.2, -0.15) is 0 Å². The molecule has 0 heterocycles. The van der Waals surface area contributed by atoms with Gasteiger partial charge in [0.1, 0.15) is 0 Å². The molecule has 0 saturated heterocycles. The molecule has 0 fully saturated rings. The van der Waals surface area contributed by atoms with Crippen molar-refractivity contribution < 1.29 is 10.2 Å². The molecule has 0 bridgehead atoms. The van der Waals surface area contributed by atoms with E-state index in [2.05, 4.69) is 40.5 Å². The first kappa shape index (κ1) is 21.7. The summed E-state index contributed by atoms with van der Waals surface area (Å²) in [5.41, 5.74) is 1.24. The van der Waals surface area contributed by atoms with Gasteiger partial charge in [-0.1, -0.05) is 0 Å². The molecule has 0 saturated carbocycles. The standard InChI is InChI=1S/C18H27O2.3CH3.Sn/c1-3-5-7-12-17(19)16(4-2)18(20)14-13-15-10-8-6-9-11-15;;;;/h6,8-11,16-20H,2-3,5,7,12-14H2,1H3;3*1H3;/t16-,17+,18+;;;;/m1..../s1. The van der Waals surface area contributed by atoms with Crippen LogP contribution in [0.1, 0.15) is 44.6 Å². The maximum absolute atomic E-state index is 10.8. The van der Waals surface area contributed by atoms with E-state index in [1.165, 1.54) is 5.56 Å². The van der Waals surface area contributed by atoms with Crippen LogP contribution in [0, 0.1) is 5.92 Å². The quantitative estimate of drug-likeness (QED) is 0.378. The number of benzene rings is 1. The van der Waals surface area contributed by atoms with Gasteiger partial charge >= 0.3 is 153 Å².